The molecule has 2 amide bonds. The molecule has 3 aromatic rings. The summed E-state index contributed by atoms with van der Waals surface area (Å²) in [4.78, 5) is 27.5. The summed E-state index contributed by atoms with van der Waals surface area (Å²) in [5.74, 6) is -0.991. The second-order valence-corrected chi connectivity index (χ2v) is 8.81. The summed E-state index contributed by atoms with van der Waals surface area (Å²) in [6.45, 7) is 6.27. The van der Waals surface area contributed by atoms with Crippen molar-refractivity contribution >= 4 is 17.9 Å². The number of imide groups is 1. The molecule has 182 valence electrons. The number of aryl methyl sites for hydroxylation is 2. The fourth-order valence-corrected chi connectivity index (χ4v) is 4.26. The second-order valence-electron chi connectivity index (χ2n) is 8.81. The van der Waals surface area contributed by atoms with Crippen LogP contribution in [0.1, 0.15) is 30.0 Å². The van der Waals surface area contributed by atoms with Crippen LogP contribution in [-0.2, 0) is 14.3 Å². The average molecular weight is 481 g/mol. The Hall–Kier alpha value is -4.28. The zero-order chi connectivity index (χ0) is 25.8. The van der Waals surface area contributed by atoms with Crippen molar-refractivity contribution in [3.8, 4) is 23.0 Å². The normalized spacial score (nSPS) is 15.1. The van der Waals surface area contributed by atoms with E-state index in [-0.39, 0.29) is 12.1 Å². The Balaban J connectivity index is 1.90. The maximum Gasteiger partial charge on any atom is 0.271 e. The second kappa shape index (κ2) is 10.5. The highest BCUT2D eigenvalue weighted by molar-refractivity contribution is 6.19. The lowest BCUT2D eigenvalue weighted by Crippen LogP contribution is -2.43. The van der Waals surface area contributed by atoms with Gasteiger partial charge < -0.3 is 4.74 Å². The molecule has 0 fully saturated rings. The van der Waals surface area contributed by atoms with Crippen LogP contribution in [-0.4, -0.2) is 46.8 Å². The highest BCUT2D eigenvalue weighted by Gasteiger charge is 2.35. The Kier molecular flexibility index (Phi) is 7.28. The molecule has 2 heterocycles. The van der Waals surface area contributed by atoms with Crippen molar-refractivity contribution in [3.63, 3.8) is 0 Å². The summed E-state index contributed by atoms with van der Waals surface area (Å²) in [7, 11) is 1.56. The van der Waals surface area contributed by atoms with E-state index < -0.39 is 11.8 Å². The van der Waals surface area contributed by atoms with Crippen molar-refractivity contribution < 1.29 is 14.3 Å². The van der Waals surface area contributed by atoms with Crippen LogP contribution in [0.5, 0.6) is 0 Å². The fraction of sp³-hybridized carbons (Fsp3) is 0.241. The van der Waals surface area contributed by atoms with Crippen LogP contribution < -0.4 is 0 Å². The smallest absolute Gasteiger partial charge is 0.271 e. The van der Waals surface area contributed by atoms with Crippen molar-refractivity contribution in [2.45, 2.75) is 27.2 Å². The fourth-order valence-electron chi connectivity index (χ4n) is 4.26. The van der Waals surface area contributed by atoms with Crippen LogP contribution in [0.25, 0.3) is 23.0 Å². The number of aromatic nitrogens is 2. The van der Waals surface area contributed by atoms with Crippen LogP contribution in [0.4, 0.5) is 0 Å². The number of methoxy groups -OCH3 is 1. The van der Waals surface area contributed by atoms with E-state index in [1.807, 2.05) is 68.6 Å². The Labute approximate surface area is 210 Å². The molecular formula is C29H28N4O3. The zero-order valence-electron chi connectivity index (χ0n) is 20.9. The maximum atomic E-state index is 13.5. The van der Waals surface area contributed by atoms with Gasteiger partial charge in [0.15, 0.2) is 0 Å². The van der Waals surface area contributed by atoms with Gasteiger partial charge in [-0.3, -0.25) is 14.5 Å². The van der Waals surface area contributed by atoms with E-state index in [4.69, 9.17) is 9.84 Å². The molecule has 1 aliphatic rings. The van der Waals surface area contributed by atoms with Gasteiger partial charge >= 0.3 is 0 Å². The minimum absolute atomic E-state index is 0.0259. The van der Waals surface area contributed by atoms with Gasteiger partial charge in [0.2, 0.25) is 0 Å². The van der Waals surface area contributed by atoms with Crippen LogP contribution >= 0.6 is 0 Å². The quantitative estimate of drug-likeness (QED) is 0.276. The van der Waals surface area contributed by atoms with Crippen LogP contribution in [0.15, 0.2) is 71.4 Å². The van der Waals surface area contributed by atoms with Gasteiger partial charge in [0.25, 0.3) is 11.8 Å². The van der Waals surface area contributed by atoms with Crippen molar-refractivity contribution in [2.24, 2.45) is 0 Å². The highest BCUT2D eigenvalue weighted by atomic mass is 16.5. The number of nitriles is 1. The lowest BCUT2D eigenvalue weighted by Gasteiger charge is -2.27. The first-order chi connectivity index (χ1) is 17.3. The van der Waals surface area contributed by atoms with E-state index in [1.165, 1.54) is 0 Å². The Bertz CT molecular complexity index is 1420. The average Bonchev–Trinajstić information content (AvgIpc) is 3.30. The van der Waals surface area contributed by atoms with E-state index in [9.17, 15) is 14.9 Å². The SMILES string of the molecule is COCCCN1C(=O)C(C#N)=C(C)/C(=C\c2cn(-c3ccccc3)nc2-c2cc(C)ccc2C)C1=O. The van der Waals surface area contributed by atoms with Gasteiger partial charge in [0, 0.05) is 43.2 Å². The minimum Gasteiger partial charge on any atom is -0.385 e. The van der Waals surface area contributed by atoms with E-state index in [1.54, 1.807) is 24.8 Å². The number of carbonyl (C=O) groups excluding carboxylic acids is 2. The predicted molar refractivity (Wildman–Crippen MR) is 138 cm³/mol. The molecule has 36 heavy (non-hydrogen) atoms. The molecule has 7 nitrogen and oxygen atoms in total. The van der Waals surface area contributed by atoms with Crippen LogP contribution in [0.3, 0.4) is 0 Å². The summed E-state index contributed by atoms with van der Waals surface area (Å²) in [5.41, 5.74) is 6.07. The summed E-state index contributed by atoms with van der Waals surface area (Å²) < 4.78 is 6.86. The molecule has 0 bridgehead atoms. The Morgan fingerprint density at radius 3 is 2.50 bits per heavy atom. The monoisotopic (exact) mass is 480 g/mol. The third kappa shape index (κ3) is 4.77. The van der Waals surface area contributed by atoms with E-state index in [0.29, 0.717) is 24.2 Å². The van der Waals surface area contributed by atoms with Crippen molar-refractivity contribution in [1.29, 1.82) is 5.26 Å². The van der Waals surface area contributed by atoms with Crippen molar-refractivity contribution in [2.75, 3.05) is 20.3 Å². The van der Waals surface area contributed by atoms with Gasteiger partial charge in [-0.1, -0.05) is 35.9 Å². The molecule has 2 aromatic carbocycles. The number of benzene rings is 2. The largest absolute Gasteiger partial charge is 0.385 e. The molecule has 0 atom stereocenters. The minimum atomic E-state index is -0.567. The molecule has 1 aromatic heterocycles. The molecule has 0 saturated carbocycles. The molecule has 0 spiro atoms. The standard InChI is InChI=1S/C29H28N4O3/c1-19-11-12-20(2)24(15-19)27-22(18-33(31-27)23-9-6-5-7-10-23)16-25-21(3)26(17-30)29(35)32(28(25)34)13-8-14-36-4/h5-7,9-12,15-16,18H,8,13-14H2,1-4H3/b25-16+. The number of hydrogen-bond acceptors (Lipinski definition) is 5. The van der Waals surface area contributed by atoms with Crippen molar-refractivity contribution in [3.05, 3.63) is 88.1 Å². The third-order valence-electron chi connectivity index (χ3n) is 6.27. The molecule has 0 saturated heterocycles. The maximum absolute atomic E-state index is 13.5. The topological polar surface area (TPSA) is 88.2 Å². The van der Waals surface area contributed by atoms with Gasteiger partial charge in [0.1, 0.15) is 17.3 Å². The first kappa shape index (κ1) is 24.8. The summed E-state index contributed by atoms with van der Waals surface area (Å²) in [6, 6.07) is 17.9. The number of carbonyl (C=O) groups is 2. The number of hydrogen-bond donors (Lipinski definition) is 0. The lowest BCUT2D eigenvalue weighted by atomic mass is 9.92. The molecule has 7 heteroatoms. The number of rotatable bonds is 7. The predicted octanol–water partition coefficient (Wildman–Crippen LogP) is 4.78. The zero-order valence-corrected chi connectivity index (χ0v) is 20.9. The Morgan fingerprint density at radius 2 is 1.81 bits per heavy atom. The first-order valence-corrected chi connectivity index (χ1v) is 11.8. The molecule has 0 radical (unpaired) electrons. The molecule has 0 aliphatic carbocycles. The summed E-state index contributed by atoms with van der Waals surface area (Å²) >= 11 is 0. The molecule has 4 rings (SSSR count). The molecule has 0 unspecified atom stereocenters. The Morgan fingerprint density at radius 1 is 1.06 bits per heavy atom. The summed E-state index contributed by atoms with van der Waals surface area (Å²) in [5, 5.41) is 14.6. The van der Waals surface area contributed by atoms with Crippen LogP contribution in [0, 0.1) is 25.2 Å². The highest BCUT2D eigenvalue weighted by Crippen LogP contribution is 2.32. The van der Waals surface area contributed by atoms with Gasteiger partial charge in [-0.2, -0.15) is 10.4 Å². The van der Waals surface area contributed by atoms with Crippen molar-refractivity contribution in [1.82, 2.24) is 14.7 Å². The summed E-state index contributed by atoms with van der Waals surface area (Å²) in [6.07, 6.45) is 4.10. The van der Waals surface area contributed by atoms with Gasteiger partial charge in [-0.15, -0.1) is 0 Å². The number of amides is 2. The molecular weight excluding hydrogens is 452 g/mol. The number of nitrogens with zero attached hydrogens (tertiary/aromatic N) is 4. The number of para-hydroxylation sites is 1. The molecule has 0 N–H and O–H groups in total. The number of ether oxygens (including phenoxy) is 1. The van der Waals surface area contributed by atoms with Gasteiger partial charge in [0.05, 0.1) is 5.69 Å². The van der Waals surface area contributed by atoms with E-state index >= 15 is 0 Å². The van der Waals surface area contributed by atoms with Gasteiger partial charge in [-0.05, 0) is 62.6 Å². The lowest BCUT2D eigenvalue weighted by molar-refractivity contribution is -0.140. The van der Waals surface area contributed by atoms with Crippen LogP contribution in [0.2, 0.25) is 0 Å². The van der Waals surface area contributed by atoms with Gasteiger partial charge in [-0.25, -0.2) is 4.68 Å². The van der Waals surface area contributed by atoms with E-state index in [0.717, 1.165) is 38.5 Å². The molecule has 1 aliphatic heterocycles. The first-order valence-electron chi connectivity index (χ1n) is 11.8. The van der Waals surface area contributed by atoms with E-state index in [2.05, 4.69) is 6.07 Å². The third-order valence-corrected chi connectivity index (χ3v) is 6.27.